The van der Waals surface area contributed by atoms with Crippen LogP contribution in [0, 0.1) is 0 Å². The number of rotatable bonds is 4. The van der Waals surface area contributed by atoms with Crippen LogP contribution in [0.5, 0.6) is 0 Å². The molecule has 1 aliphatic heterocycles. The highest BCUT2D eigenvalue weighted by Gasteiger charge is 2.37. The summed E-state index contributed by atoms with van der Waals surface area (Å²) in [5, 5.41) is 11.5. The van der Waals surface area contributed by atoms with Crippen molar-refractivity contribution in [1.82, 2.24) is 10.2 Å². The summed E-state index contributed by atoms with van der Waals surface area (Å²) in [7, 11) is 1.98. The monoisotopic (exact) mass is 240 g/mol. The topological polar surface area (TPSA) is 35.5 Å². The van der Waals surface area contributed by atoms with E-state index in [0.29, 0.717) is 6.54 Å². The van der Waals surface area contributed by atoms with E-state index in [1.807, 2.05) is 7.05 Å². The number of aliphatic hydroxyl groups is 1. The van der Waals surface area contributed by atoms with Crippen LogP contribution in [0.2, 0.25) is 0 Å². The first-order valence-corrected chi connectivity index (χ1v) is 5.57. The third-order valence-electron chi connectivity index (χ3n) is 3.02. The predicted molar refractivity (Wildman–Crippen MR) is 55.2 cm³/mol. The Morgan fingerprint density at radius 3 is 2.69 bits per heavy atom. The molecule has 2 atom stereocenters. The molecule has 3 nitrogen and oxygen atoms in total. The molecule has 0 spiro atoms. The summed E-state index contributed by atoms with van der Waals surface area (Å²) >= 11 is 0. The Labute approximate surface area is 93.6 Å². The molecule has 0 aromatic rings. The second kappa shape index (κ2) is 5.84. The van der Waals surface area contributed by atoms with Crippen LogP contribution in [-0.4, -0.2) is 55.0 Å². The summed E-state index contributed by atoms with van der Waals surface area (Å²) in [4.78, 5) is 2.15. The highest BCUT2D eigenvalue weighted by Crippen LogP contribution is 2.19. The van der Waals surface area contributed by atoms with Gasteiger partial charge in [-0.25, -0.2) is 0 Å². The molecular weight excluding hydrogens is 221 g/mol. The fraction of sp³-hybridized carbons (Fsp3) is 1.00. The molecule has 0 aromatic carbocycles. The summed E-state index contributed by atoms with van der Waals surface area (Å²) in [5.41, 5.74) is 0. The first-order chi connectivity index (χ1) is 7.41. The average Bonchev–Trinajstić information content (AvgIpc) is 2.19. The van der Waals surface area contributed by atoms with Crippen molar-refractivity contribution in [1.29, 1.82) is 0 Å². The van der Waals surface area contributed by atoms with Gasteiger partial charge >= 0.3 is 6.18 Å². The van der Waals surface area contributed by atoms with Gasteiger partial charge in [-0.3, -0.25) is 0 Å². The van der Waals surface area contributed by atoms with Crippen LogP contribution in [0.25, 0.3) is 0 Å². The number of nitrogens with zero attached hydrogens (tertiary/aromatic N) is 1. The number of hydrogen-bond donors (Lipinski definition) is 2. The Balaban J connectivity index is 2.19. The summed E-state index contributed by atoms with van der Waals surface area (Å²) in [6.07, 6.45) is -3.50. The van der Waals surface area contributed by atoms with Crippen molar-refractivity contribution in [3.8, 4) is 0 Å². The minimum Gasteiger partial charge on any atom is -0.382 e. The van der Waals surface area contributed by atoms with E-state index in [9.17, 15) is 13.2 Å². The normalized spacial score (nSPS) is 25.7. The molecule has 16 heavy (non-hydrogen) atoms. The van der Waals surface area contributed by atoms with Crippen molar-refractivity contribution in [2.75, 3.05) is 26.7 Å². The van der Waals surface area contributed by atoms with Crippen molar-refractivity contribution >= 4 is 0 Å². The van der Waals surface area contributed by atoms with Gasteiger partial charge in [0.05, 0.1) is 0 Å². The van der Waals surface area contributed by atoms with Crippen molar-refractivity contribution in [3.63, 3.8) is 0 Å². The van der Waals surface area contributed by atoms with E-state index in [1.54, 1.807) is 0 Å². The zero-order chi connectivity index (χ0) is 12.2. The van der Waals surface area contributed by atoms with E-state index in [-0.39, 0.29) is 6.04 Å². The molecule has 1 aliphatic rings. The van der Waals surface area contributed by atoms with Gasteiger partial charge in [0.2, 0.25) is 0 Å². The van der Waals surface area contributed by atoms with E-state index in [4.69, 9.17) is 5.11 Å². The van der Waals surface area contributed by atoms with Gasteiger partial charge in [0, 0.05) is 19.1 Å². The molecule has 0 saturated carbocycles. The van der Waals surface area contributed by atoms with E-state index in [1.165, 1.54) is 0 Å². The molecule has 96 valence electrons. The van der Waals surface area contributed by atoms with Crippen LogP contribution in [0.15, 0.2) is 0 Å². The van der Waals surface area contributed by atoms with Crippen LogP contribution in [0.4, 0.5) is 13.2 Å². The van der Waals surface area contributed by atoms with Crippen LogP contribution < -0.4 is 5.32 Å². The summed E-state index contributed by atoms with van der Waals surface area (Å²) < 4.78 is 36.0. The number of likely N-dealkylation sites (tertiary alicyclic amines) is 1. The maximum atomic E-state index is 12.0. The quantitative estimate of drug-likeness (QED) is 0.769. The molecule has 0 bridgehead atoms. The van der Waals surface area contributed by atoms with Crippen molar-refractivity contribution in [3.05, 3.63) is 0 Å². The largest absolute Gasteiger partial charge is 0.415 e. The molecule has 0 amide bonds. The molecule has 6 heteroatoms. The minimum atomic E-state index is -4.52. The predicted octanol–water partition coefficient (Wildman–Crippen LogP) is 0.983. The Hall–Kier alpha value is -0.330. The van der Waals surface area contributed by atoms with Crippen molar-refractivity contribution in [2.45, 2.75) is 37.6 Å². The smallest absolute Gasteiger partial charge is 0.382 e. The Morgan fingerprint density at radius 2 is 2.12 bits per heavy atom. The van der Waals surface area contributed by atoms with Crippen LogP contribution >= 0.6 is 0 Å². The van der Waals surface area contributed by atoms with E-state index in [0.717, 1.165) is 25.8 Å². The molecule has 0 radical (unpaired) electrons. The maximum Gasteiger partial charge on any atom is 0.415 e. The van der Waals surface area contributed by atoms with Gasteiger partial charge in [-0.15, -0.1) is 0 Å². The molecular formula is C10H19F3N2O. The van der Waals surface area contributed by atoms with Gasteiger partial charge in [0.1, 0.15) is 0 Å². The van der Waals surface area contributed by atoms with Crippen LogP contribution in [0.3, 0.4) is 0 Å². The maximum absolute atomic E-state index is 12.0. The fourth-order valence-electron chi connectivity index (χ4n) is 1.90. The number of nitrogens with one attached hydrogen (secondary N) is 1. The van der Waals surface area contributed by atoms with Gasteiger partial charge in [-0.1, -0.05) is 6.42 Å². The molecule has 1 fully saturated rings. The lowest BCUT2D eigenvalue weighted by atomic mass is 10.0. The zero-order valence-electron chi connectivity index (χ0n) is 9.43. The molecule has 1 heterocycles. The Morgan fingerprint density at radius 1 is 1.44 bits per heavy atom. The SMILES string of the molecule is CN1CCCCC1CNCC(O)C(F)(F)F. The molecule has 0 aromatic heterocycles. The number of likely N-dealkylation sites (N-methyl/N-ethyl adjacent to an activating group) is 1. The van der Waals surface area contributed by atoms with Gasteiger partial charge < -0.3 is 15.3 Å². The van der Waals surface area contributed by atoms with E-state index < -0.39 is 18.8 Å². The molecule has 1 saturated heterocycles. The van der Waals surface area contributed by atoms with E-state index in [2.05, 4.69) is 10.2 Å². The lowest BCUT2D eigenvalue weighted by Crippen LogP contribution is -2.46. The number of alkyl halides is 3. The highest BCUT2D eigenvalue weighted by molar-refractivity contribution is 4.77. The Kier molecular flexibility index (Phi) is 5.01. The molecule has 2 N–H and O–H groups in total. The molecule has 1 rings (SSSR count). The molecule has 2 unspecified atom stereocenters. The molecule has 0 aliphatic carbocycles. The summed E-state index contributed by atoms with van der Waals surface area (Å²) in [6, 6.07) is 0.286. The lowest BCUT2D eigenvalue weighted by molar-refractivity contribution is -0.201. The zero-order valence-corrected chi connectivity index (χ0v) is 9.43. The van der Waals surface area contributed by atoms with Gasteiger partial charge in [0.15, 0.2) is 6.10 Å². The standard InChI is InChI=1S/C10H19F3N2O/c1-15-5-3-2-4-8(15)6-14-7-9(16)10(11,12)13/h8-9,14,16H,2-7H2,1H3. The van der Waals surface area contributed by atoms with Crippen molar-refractivity contribution in [2.24, 2.45) is 0 Å². The number of hydrogen-bond acceptors (Lipinski definition) is 3. The van der Waals surface area contributed by atoms with Crippen LogP contribution in [-0.2, 0) is 0 Å². The van der Waals surface area contributed by atoms with Gasteiger partial charge in [-0.2, -0.15) is 13.2 Å². The lowest BCUT2D eigenvalue weighted by Gasteiger charge is -2.32. The van der Waals surface area contributed by atoms with E-state index >= 15 is 0 Å². The second-order valence-corrected chi connectivity index (χ2v) is 4.35. The number of aliphatic hydroxyl groups excluding tert-OH is 1. The van der Waals surface area contributed by atoms with Crippen LogP contribution in [0.1, 0.15) is 19.3 Å². The van der Waals surface area contributed by atoms with Crippen molar-refractivity contribution < 1.29 is 18.3 Å². The summed E-state index contributed by atoms with van der Waals surface area (Å²) in [5.74, 6) is 0. The average molecular weight is 240 g/mol. The Bertz CT molecular complexity index is 211. The first kappa shape index (κ1) is 13.7. The second-order valence-electron chi connectivity index (χ2n) is 4.35. The first-order valence-electron chi connectivity index (χ1n) is 5.57. The third-order valence-corrected chi connectivity index (χ3v) is 3.02. The van der Waals surface area contributed by atoms with Gasteiger partial charge in [0.25, 0.3) is 0 Å². The fourth-order valence-corrected chi connectivity index (χ4v) is 1.90. The third kappa shape index (κ3) is 4.27. The number of halogens is 3. The van der Waals surface area contributed by atoms with Gasteiger partial charge in [-0.05, 0) is 26.4 Å². The summed E-state index contributed by atoms with van der Waals surface area (Å²) in [6.45, 7) is 1.08. The minimum absolute atomic E-state index is 0.286. The number of piperidine rings is 1. The highest BCUT2D eigenvalue weighted by atomic mass is 19.4.